The highest BCUT2D eigenvalue weighted by Crippen LogP contribution is 2.44. The number of aliphatic hydroxyl groups excluding tert-OH is 2. The topological polar surface area (TPSA) is 114 Å². The summed E-state index contributed by atoms with van der Waals surface area (Å²) in [5.74, 6) is 0.315. The molecule has 8 heteroatoms. The van der Waals surface area contributed by atoms with Crippen molar-refractivity contribution in [3.05, 3.63) is 82.4 Å². The first-order valence-corrected chi connectivity index (χ1v) is 11.4. The van der Waals surface area contributed by atoms with E-state index in [4.69, 9.17) is 26.8 Å². The molecule has 5 N–H and O–H groups in total. The van der Waals surface area contributed by atoms with E-state index in [1.54, 1.807) is 0 Å². The van der Waals surface area contributed by atoms with Crippen LogP contribution in [-0.4, -0.2) is 42.7 Å². The van der Waals surface area contributed by atoms with Crippen molar-refractivity contribution >= 4 is 23.4 Å². The van der Waals surface area contributed by atoms with Gasteiger partial charge in [0.1, 0.15) is 18.5 Å². The van der Waals surface area contributed by atoms with Crippen molar-refractivity contribution in [3.63, 3.8) is 0 Å². The number of nitrogens with two attached hydrogens (primary N) is 1. The summed E-state index contributed by atoms with van der Waals surface area (Å²) in [6, 6.07) is 19.2. The van der Waals surface area contributed by atoms with Crippen LogP contribution in [0.25, 0.3) is 11.1 Å². The number of halogens is 1. The third-order valence-electron chi connectivity index (χ3n) is 6.09. The molecular formula is C26H27ClN2O5. The lowest BCUT2D eigenvalue weighted by Crippen LogP contribution is -2.30. The van der Waals surface area contributed by atoms with Gasteiger partial charge in [0, 0.05) is 23.0 Å². The van der Waals surface area contributed by atoms with Crippen molar-refractivity contribution < 1.29 is 24.5 Å². The molecule has 1 aliphatic rings. The summed E-state index contributed by atoms with van der Waals surface area (Å²) in [7, 11) is 1.45. The number of carbonyl (C=O) groups excluding carboxylic acids is 1. The van der Waals surface area contributed by atoms with Gasteiger partial charge in [0.15, 0.2) is 0 Å². The van der Waals surface area contributed by atoms with Crippen molar-refractivity contribution in [2.24, 2.45) is 0 Å². The molecule has 34 heavy (non-hydrogen) atoms. The molecule has 0 heterocycles. The number of benzene rings is 3. The number of nitrogens with one attached hydrogen (secondary N) is 1. The summed E-state index contributed by atoms with van der Waals surface area (Å²) < 4.78 is 10.6. The predicted octanol–water partition coefficient (Wildman–Crippen LogP) is 4.25. The summed E-state index contributed by atoms with van der Waals surface area (Å²) >= 11 is 6.16. The molecule has 0 saturated heterocycles. The predicted molar refractivity (Wildman–Crippen MR) is 131 cm³/mol. The highest BCUT2D eigenvalue weighted by atomic mass is 35.5. The molecule has 0 spiro atoms. The van der Waals surface area contributed by atoms with E-state index in [1.807, 2.05) is 24.3 Å². The Morgan fingerprint density at radius 2 is 1.71 bits per heavy atom. The first kappa shape index (κ1) is 23.9. The second-order valence-corrected chi connectivity index (χ2v) is 8.58. The molecule has 1 amide bonds. The van der Waals surface area contributed by atoms with E-state index in [0.717, 1.165) is 22.3 Å². The van der Waals surface area contributed by atoms with E-state index < -0.39 is 18.3 Å². The maximum atomic E-state index is 12.3. The average Bonchev–Trinajstić information content (AvgIpc) is 3.16. The van der Waals surface area contributed by atoms with E-state index in [2.05, 4.69) is 29.6 Å². The number of hydrogen-bond donors (Lipinski definition) is 4. The van der Waals surface area contributed by atoms with Crippen LogP contribution < -0.4 is 15.8 Å². The van der Waals surface area contributed by atoms with Gasteiger partial charge >= 0.3 is 6.09 Å². The summed E-state index contributed by atoms with van der Waals surface area (Å²) in [5.41, 5.74) is 11.0. The van der Waals surface area contributed by atoms with Crippen LogP contribution in [0.1, 0.15) is 35.1 Å². The zero-order chi connectivity index (χ0) is 24.2. The molecule has 0 aromatic heterocycles. The van der Waals surface area contributed by atoms with E-state index >= 15 is 0 Å². The molecule has 3 aromatic carbocycles. The van der Waals surface area contributed by atoms with Gasteiger partial charge in [0.2, 0.25) is 0 Å². The maximum absolute atomic E-state index is 12.3. The summed E-state index contributed by atoms with van der Waals surface area (Å²) in [6.07, 6.45) is -2.93. The molecule has 178 valence electrons. The Morgan fingerprint density at radius 1 is 1.09 bits per heavy atom. The van der Waals surface area contributed by atoms with Gasteiger partial charge in [0.05, 0.1) is 18.9 Å². The van der Waals surface area contributed by atoms with Gasteiger partial charge in [-0.25, -0.2) is 4.79 Å². The molecule has 2 unspecified atom stereocenters. The summed E-state index contributed by atoms with van der Waals surface area (Å²) in [6.45, 7) is 0.310. The van der Waals surface area contributed by atoms with Gasteiger partial charge in [-0.15, -0.1) is 0 Å². The normalized spacial score (nSPS) is 14.1. The summed E-state index contributed by atoms with van der Waals surface area (Å²) in [4.78, 5) is 12.3. The highest BCUT2D eigenvalue weighted by molar-refractivity contribution is 6.31. The lowest BCUT2D eigenvalue weighted by Gasteiger charge is -2.21. The van der Waals surface area contributed by atoms with Gasteiger partial charge in [0.25, 0.3) is 0 Å². The molecule has 4 rings (SSSR count). The smallest absolute Gasteiger partial charge is 0.407 e. The van der Waals surface area contributed by atoms with Gasteiger partial charge in [-0.1, -0.05) is 60.1 Å². The molecule has 7 nitrogen and oxygen atoms in total. The third kappa shape index (κ3) is 4.82. The quantitative estimate of drug-likeness (QED) is 0.357. The average molecular weight is 483 g/mol. The number of amides is 1. The molecule has 0 saturated carbocycles. The van der Waals surface area contributed by atoms with Crippen molar-refractivity contribution in [1.29, 1.82) is 0 Å². The SMILES string of the molecule is COc1cc(C(O)C(O)CCNC(=O)OCC2c3ccccc3-c3ccccc32)c(Cl)cc1N. The van der Waals surface area contributed by atoms with Gasteiger partial charge in [-0.05, 0) is 40.8 Å². The largest absolute Gasteiger partial charge is 0.495 e. The number of rotatable bonds is 8. The number of nitrogen functional groups attached to an aromatic ring is 1. The first-order chi connectivity index (χ1) is 16.4. The van der Waals surface area contributed by atoms with Crippen LogP contribution in [0.3, 0.4) is 0 Å². The first-order valence-electron chi connectivity index (χ1n) is 11.0. The Labute approximate surface area is 203 Å². The van der Waals surface area contributed by atoms with Crippen LogP contribution in [-0.2, 0) is 4.74 Å². The minimum absolute atomic E-state index is 0.0341. The van der Waals surface area contributed by atoms with Gasteiger partial charge in [-0.3, -0.25) is 0 Å². The Hall–Kier alpha value is -3.26. The van der Waals surface area contributed by atoms with Crippen molar-refractivity contribution in [1.82, 2.24) is 5.32 Å². The Bertz CT molecular complexity index is 1140. The monoisotopic (exact) mass is 482 g/mol. The number of fused-ring (bicyclic) bond motifs is 3. The van der Waals surface area contributed by atoms with Crippen LogP contribution in [0, 0.1) is 0 Å². The zero-order valence-electron chi connectivity index (χ0n) is 18.7. The Balaban J connectivity index is 1.30. The number of methoxy groups -OCH3 is 1. The van der Waals surface area contributed by atoms with E-state index in [0.29, 0.717) is 17.0 Å². The molecule has 0 fully saturated rings. The molecule has 2 atom stereocenters. The van der Waals surface area contributed by atoms with E-state index in [-0.39, 0.29) is 30.5 Å². The van der Waals surface area contributed by atoms with Crippen molar-refractivity contribution in [2.45, 2.75) is 24.5 Å². The standard InChI is InChI=1S/C26H27ClN2O5/c1-33-24-12-19(21(27)13-22(24)28)25(31)23(30)10-11-29-26(32)34-14-20-17-8-4-2-6-15(17)16-7-3-5-9-18(16)20/h2-9,12-13,20,23,25,30-31H,10-11,14,28H2,1H3,(H,29,32). The van der Waals surface area contributed by atoms with Gasteiger partial charge in [-0.2, -0.15) is 0 Å². The number of ether oxygens (including phenoxy) is 2. The molecule has 0 radical (unpaired) electrons. The Kier molecular flexibility index (Phi) is 7.26. The fourth-order valence-corrected chi connectivity index (χ4v) is 4.61. The summed E-state index contributed by atoms with van der Waals surface area (Å²) in [5, 5.41) is 23.7. The molecule has 1 aliphatic carbocycles. The number of anilines is 1. The van der Waals surface area contributed by atoms with Gasteiger partial charge < -0.3 is 30.7 Å². The lowest BCUT2D eigenvalue weighted by molar-refractivity contribution is 0.0136. The number of carbonyl (C=O) groups is 1. The maximum Gasteiger partial charge on any atom is 0.407 e. The second kappa shape index (κ2) is 10.3. The number of hydrogen-bond acceptors (Lipinski definition) is 6. The minimum atomic E-state index is -1.27. The highest BCUT2D eigenvalue weighted by Gasteiger charge is 2.29. The van der Waals surface area contributed by atoms with Crippen LogP contribution in [0.15, 0.2) is 60.7 Å². The molecular weight excluding hydrogens is 456 g/mol. The fraction of sp³-hybridized carbons (Fsp3) is 0.269. The second-order valence-electron chi connectivity index (χ2n) is 8.17. The number of aliphatic hydroxyl groups is 2. The zero-order valence-corrected chi connectivity index (χ0v) is 19.5. The van der Waals surface area contributed by atoms with E-state index in [1.165, 1.54) is 19.2 Å². The lowest BCUT2D eigenvalue weighted by atomic mass is 9.98. The van der Waals surface area contributed by atoms with Crippen LogP contribution in [0.5, 0.6) is 5.75 Å². The fourth-order valence-electron chi connectivity index (χ4n) is 4.32. The Morgan fingerprint density at radius 3 is 2.32 bits per heavy atom. The van der Waals surface area contributed by atoms with Crippen LogP contribution in [0.2, 0.25) is 5.02 Å². The minimum Gasteiger partial charge on any atom is -0.495 e. The van der Waals surface area contributed by atoms with Crippen LogP contribution >= 0.6 is 11.6 Å². The molecule has 0 bridgehead atoms. The molecule has 0 aliphatic heterocycles. The van der Waals surface area contributed by atoms with E-state index in [9.17, 15) is 15.0 Å². The van der Waals surface area contributed by atoms with Crippen molar-refractivity contribution in [3.8, 4) is 16.9 Å². The number of alkyl carbamates (subject to hydrolysis) is 1. The van der Waals surface area contributed by atoms with Crippen LogP contribution in [0.4, 0.5) is 10.5 Å². The third-order valence-corrected chi connectivity index (χ3v) is 6.41. The van der Waals surface area contributed by atoms with Crippen molar-refractivity contribution in [2.75, 3.05) is 26.0 Å². The molecule has 3 aromatic rings.